The number of halogens is 1. The lowest BCUT2D eigenvalue weighted by molar-refractivity contribution is -0.132. The number of hydrazone groups is 1. The predicted molar refractivity (Wildman–Crippen MR) is 98.6 cm³/mol. The Kier molecular flexibility index (Phi) is 5.56. The third-order valence-corrected chi connectivity index (χ3v) is 4.30. The number of nitrogens with one attached hydrogen (secondary N) is 1. The van der Waals surface area contributed by atoms with Gasteiger partial charge in [0.1, 0.15) is 11.8 Å². The van der Waals surface area contributed by atoms with E-state index in [1.54, 1.807) is 6.26 Å². The van der Waals surface area contributed by atoms with Crippen LogP contribution in [0.3, 0.4) is 0 Å². The number of furan rings is 1. The Bertz CT molecular complexity index is 739. The quantitative estimate of drug-likeness (QED) is 0.852. The van der Waals surface area contributed by atoms with E-state index in [1.807, 2.05) is 36.4 Å². The molecule has 1 aromatic carbocycles. The van der Waals surface area contributed by atoms with Crippen LogP contribution in [0.15, 0.2) is 52.2 Å². The second-order valence-corrected chi connectivity index (χ2v) is 6.99. The van der Waals surface area contributed by atoms with Crippen molar-refractivity contribution in [3.8, 4) is 0 Å². The van der Waals surface area contributed by atoms with Crippen LogP contribution in [0.25, 0.3) is 0 Å². The van der Waals surface area contributed by atoms with Gasteiger partial charge in [-0.05, 0) is 42.3 Å². The number of carbonyl (C=O) groups is 1. The lowest BCUT2D eigenvalue weighted by atomic mass is 10.0. The van der Waals surface area contributed by atoms with E-state index >= 15 is 0 Å². The summed E-state index contributed by atoms with van der Waals surface area (Å²) in [4.78, 5) is 12.7. The van der Waals surface area contributed by atoms with Crippen molar-refractivity contribution in [3.05, 3.63) is 59.0 Å². The molecule has 1 amide bonds. The van der Waals surface area contributed by atoms with Gasteiger partial charge in [-0.3, -0.25) is 4.79 Å². The summed E-state index contributed by atoms with van der Waals surface area (Å²) in [6, 6.07) is 11.0. The lowest BCUT2D eigenvalue weighted by Crippen LogP contribution is -2.36. The van der Waals surface area contributed by atoms with Crippen molar-refractivity contribution in [1.29, 1.82) is 0 Å². The summed E-state index contributed by atoms with van der Waals surface area (Å²) in [5.74, 6) is 1.16. The molecule has 25 heavy (non-hydrogen) atoms. The molecule has 2 heterocycles. The van der Waals surface area contributed by atoms with E-state index in [9.17, 15) is 4.79 Å². The topological polar surface area (TPSA) is 57.8 Å². The van der Waals surface area contributed by atoms with Crippen LogP contribution in [0.1, 0.15) is 37.6 Å². The summed E-state index contributed by atoms with van der Waals surface area (Å²) in [5.41, 5.74) is 1.82. The van der Waals surface area contributed by atoms with E-state index < -0.39 is 0 Å². The fourth-order valence-electron chi connectivity index (χ4n) is 2.81. The third kappa shape index (κ3) is 4.30. The van der Waals surface area contributed by atoms with Gasteiger partial charge in [0, 0.05) is 11.4 Å². The fourth-order valence-corrected chi connectivity index (χ4v) is 2.93. The highest BCUT2D eigenvalue weighted by molar-refractivity contribution is 6.30. The van der Waals surface area contributed by atoms with Crippen LogP contribution in [0.2, 0.25) is 5.02 Å². The second-order valence-electron chi connectivity index (χ2n) is 6.55. The Morgan fingerprint density at radius 2 is 2.12 bits per heavy atom. The van der Waals surface area contributed by atoms with Crippen LogP contribution in [0, 0.1) is 5.92 Å². The van der Waals surface area contributed by atoms with Crippen molar-refractivity contribution >= 4 is 23.2 Å². The van der Waals surface area contributed by atoms with Crippen LogP contribution in [0.4, 0.5) is 0 Å². The number of rotatable bonds is 6. The molecule has 0 fully saturated rings. The largest absolute Gasteiger partial charge is 0.467 e. The van der Waals surface area contributed by atoms with Crippen molar-refractivity contribution in [3.63, 3.8) is 0 Å². The number of nitrogens with zero attached hydrogens (tertiary/aromatic N) is 2. The van der Waals surface area contributed by atoms with Crippen molar-refractivity contribution in [2.24, 2.45) is 11.0 Å². The molecule has 0 saturated heterocycles. The van der Waals surface area contributed by atoms with Crippen molar-refractivity contribution in [2.75, 3.05) is 13.1 Å². The Morgan fingerprint density at radius 1 is 1.36 bits per heavy atom. The first-order valence-corrected chi connectivity index (χ1v) is 8.82. The van der Waals surface area contributed by atoms with E-state index in [-0.39, 0.29) is 18.5 Å². The maximum absolute atomic E-state index is 12.7. The molecule has 0 unspecified atom stereocenters. The average molecular weight is 360 g/mol. The van der Waals surface area contributed by atoms with Crippen LogP contribution < -0.4 is 5.32 Å². The highest BCUT2D eigenvalue weighted by Gasteiger charge is 2.34. The summed E-state index contributed by atoms with van der Waals surface area (Å²) < 4.78 is 5.54. The molecule has 0 aliphatic carbocycles. The van der Waals surface area contributed by atoms with Crippen molar-refractivity contribution in [2.45, 2.75) is 26.3 Å². The van der Waals surface area contributed by atoms with Gasteiger partial charge in [-0.1, -0.05) is 37.6 Å². The Morgan fingerprint density at radius 3 is 2.76 bits per heavy atom. The fraction of sp³-hybridized carbons (Fsp3) is 0.368. The van der Waals surface area contributed by atoms with Gasteiger partial charge in [0.05, 0.1) is 18.5 Å². The second kappa shape index (κ2) is 7.85. The van der Waals surface area contributed by atoms with E-state index in [0.29, 0.717) is 17.4 Å². The first-order valence-electron chi connectivity index (χ1n) is 8.44. The minimum Gasteiger partial charge on any atom is -0.467 e. The summed E-state index contributed by atoms with van der Waals surface area (Å²) >= 11 is 5.96. The molecular formula is C19H22ClN3O2. The molecule has 132 valence electrons. The predicted octanol–water partition coefficient (Wildman–Crippen LogP) is 3.86. The summed E-state index contributed by atoms with van der Waals surface area (Å²) in [6.07, 6.45) is 2.24. The summed E-state index contributed by atoms with van der Waals surface area (Å²) in [6.45, 7) is 5.26. The van der Waals surface area contributed by atoms with Gasteiger partial charge < -0.3 is 9.73 Å². The SMILES string of the molecule is CC(C)CNCC(=O)N1N=C(c2ccc(Cl)cc2)C[C@H]1c1ccco1. The number of hydrogen-bond acceptors (Lipinski definition) is 4. The Balaban J connectivity index is 1.79. The highest BCUT2D eigenvalue weighted by Crippen LogP contribution is 2.33. The Hall–Kier alpha value is -2.11. The maximum atomic E-state index is 12.7. The zero-order valence-corrected chi connectivity index (χ0v) is 15.2. The van der Waals surface area contributed by atoms with Gasteiger partial charge in [-0.2, -0.15) is 5.10 Å². The molecule has 6 heteroatoms. The summed E-state index contributed by atoms with van der Waals surface area (Å²) in [7, 11) is 0. The lowest BCUT2D eigenvalue weighted by Gasteiger charge is -2.20. The van der Waals surface area contributed by atoms with Gasteiger partial charge in [-0.15, -0.1) is 0 Å². The molecule has 0 bridgehead atoms. The molecule has 1 atom stereocenters. The van der Waals surface area contributed by atoms with Crippen LogP contribution >= 0.6 is 11.6 Å². The van der Waals surface area contributed by atoms with Crippen LogP contribution in [0.5, 0.6) is 0 Å². The Labute approximate surface area is 152 Å². The highest BCUT2D eigenvalue weighted by atomic mass is 35.5. The first-order chi connectivity index (χ1) is 12.0. The minimum absolute atomic E-state index is 0.0639. The van der Waals surface area contributed by atoms with Gasteiger partial charge in [-0.25, -0.2) is 5.01 Å². The molecule has 2 aromatic rings. The zero-order valence-electron chi connectivity index (χ0n) is 14.4. The van der Waals surface area contributed by atoms with E-state index in [4.69, 9.17) is 16.0 Å². The smallest absolute Gasteiger partial charge is 0.257 e. The molecule has 1 N–H and O–H groups in total. The van der Waals surface area contributed by atoms with Crippen molar-refractivity contribution < 1.29 is 9.21 Å². The van der Waals surface area contributed by atoms with Crippen LogP contribution in [-0.4, -0.2) is 29.7 Å². The van der Waals surface area contributed by atoms with Gasteiger partial charge in [0.15, 0.2) is 0 Å². The van der Waals surface area contributed by atoms with E-state index in [2.05, 4.69) is 24.3 Å². The third-order valence-electron chi connectivity index (χ3n) is 4.04. The number of hydrogen-bond donors (Lipinski definition) is 1. The molecule has 0 spiro atoms. The monoisotopic (exact) mass is 359 g/mol. The van der Waals surface area contributed by atoms with Gasteiger partial charge in [0.2, 0.25) is 0 Å². The molecule has 0 radical (unpaired) electrons. The number of carbonyl (C=O) groups excluding carboxylic acids is 1. The first kappa shape index (κ1) is 17.7. The maximum Gasteiger partial charge on any atom is 0.257 e. The molecule has 5 nitrogen and oxygen atoms in total. The molecule has 0 saturated carbocycles. The van der Waals surface area contributed by atoms with Crippen LogP contribution in [-0.2, 0) is 4.79 Å². The van der Waals surface area contributed by atoms with Gasteiger partial charge in [0.25, 0.3) is 5.91 Å². The molecule has 1 aromatic heterocycles. The summed E-state index contributed by atoms with van der Waals surface area (Å²) in [5, 5.41) is 9.98. The molecular weight excluding hydrogens is 338 g/mol. The standard InChI is InChI=1S/C19H22ClN3O2/c1-13(2)11-21-12-19(24)23-17(18-4-3-9-25-18)10-16(22-23)14-5-7-15(20)8-6-14/h3-9,13,17,21H,10-12H2,1-2H3/t17-/m0/s1. The van der Waals surface area contributed by atoms with Gasteiger partial charge >= 0.3 is 0 Å². The van der Waals surface area contributed by atoms with E-state index in [0.717, 1.165) is 23.6 Å². The van der Waals surface area contributed by atoms with E-state index in [1.165, 1.54) is 5.01 Å². The molecule has 3 rings (SSSR count). The average Bonchev–Trinajstić information content (AvgIpc) is 3.24. The molecule has 1 aliphatic rings. The minimum atomic E-state index is -0.214. The number of benzene rings is 1. The number of amides is 1. The normalized spacial score (nSPS) is 17.2. The molecule has 1 aliphatic heterocycles. The zero-order chi connectivity index (χ0) is 17.8. The van der Waals surface area contributed by atoms with Crippen molar-refractivity contribution in [1.82, 2.24) is 10.3 Å².